The van der Waals surface area contributed by atoms with Gasteiger partial charge in [-0.3, -0.25) is 9.78 Å². The van der Waals surface area contributed by atoms with Gasteiger partial charge in [-0.2, -0.15) is 0 Å². The number of hydrogen-bond acceptors (Lipinski definition) is 5. The second-order valence-electron chi connectivity index (χ2n) is 6.68. The van der Waals surface area contributed by atoms with Gasteiger partial charge in [0.25, 0.3) is 5.91 Å². The first-order valence-corrected chi connectivity index (χ1v) is 8.26. The lowest BCUT2D eigenvalue weighted by molar-refractivity contribution is -0.0321. The maximum Gasteiger partial charge on any atom is 0.255 e. The van der Waals surface area contributed by atoms with E-state index in [1.165, 1.54) is 0 Å². The summed E-state index contributed by atoms with van der Waals surface area (Å²) in [6, 6.07) is 3.70. The fourth-order valence-corrected chi connectivity index (χ4v) is 3.04. The number of hydrogen-bond donors (Lipinski definition) is 1. The summed E-state index contributed by atoms with van der Waals surface area (Å²) in [6.07, 6.45) is 4.73. The molecule has 0 saturated carbocycles. The van der Waals surface area contributed by atoms with E-state index >= 15 is 0 Å². The molecule has 7 nitrogen and oxygen atoms in total. The lowest BCUT2D eigenvalue weighted by Gasteiger charge is -2.38. The predicted octanol–water partition coefficient (Wildman–Crippen LogP) is 1.69. The van der Waals surface area contributed by atoms with Crippen LogP contribution in [0.5, 0.6) is 0 Å². The molecule has 0 unspecified atom stereocenters. The minimum atomic E-state index is -1.16. The Hall–Kier alpha value is -2.28. The number of carbonyl (C=O) groups is 1. The third kappa shape index (κ3) is 3.03. The Balaban J connectivity index is 1.83. The normalized spacial score (nSPS) is 21.3. The van der Waals surface area contributed by atoms with E-state index in [-0.39, 0.29) is 18.5 Å². The van der Waals surface area contributed by atoms with Crippen LogP contribution in [0.1, 0.15) is 54.5 Å². The highest BCUT2D eigenvalue weighted by atomic mass is 16.3. The highest BCUT2D eigenvalue weighted by Crippen LogP contribution is 2.31. The smallest absolute Gasteiger partial charge is 0.255 e. The van der Waals surface area contributed by atoms with E-state index in [2.05, 4.69) is 15.3 Å². The second kappa shape index (κ2) is 6.32. The second-order valence-corrected chi connectivity index (χ2v) is 6.68. The van der Waals surface area contributed by atoms with Crippen LogP contribution >= 0.6 is 0 Å². The number of amides is 1. The SMILES string of the molecule is Cc1ncccc1C(=O)N1CCC[C@@](O)(c2cn(C(C)C)nn2)C1. The zero-order valence-electron chi connectivity index (χ0n) is 14.3. The van der Waals surface area contributed by atoms with Crippen molar-refractivity contribution in [3.8, 4) is 0 Å². The Kier molecular flexibility index (Phi) is 4.36. The number of aryl methyl sites for hydroxylation is 1. The molecular formula is C17H23N5O2. The van der Waals surface area contributed by atoms with E-state index in [1.807, 2.05) is 20.8 Å². The van der Waals surface area contributed by atoms with Crippen LogP contribution in [0.15, 0.2) is 24.5 Å². The Morgan fingerprint density at radius 2 is 2.21 bits per heavy atom. The molecule has 1 N–H and O–H groups in total. The fourth-order valence-electron chi connectivity index (χ4n) is 3.04. The van der Waals surface area contributed by atoms with Gasteiger partial charge >= 0.3 is 0 Å². The van der Waals surface area contributed by atoms with Crippen LogP contribution in [-0.2, 0) is 5.60 Å². The summed E-state index contributed by atoms with van der Waals surface area (Å²) in [5.41, 5.74) is 0.642. The van der Waals surface area contributed by atoms with Crippen molar-refractivity contribution >= 4 is 5.91 Å². The van der Waals surface area contributed by atoms with E-state index in [0.29, 0.717) is 29.9 Å². The van der Waals surface area contributed by atoms with Crippen molar-refractivity contribution in [2.45, 2.75) is 45.3 Å². The Labute approximate surface area is 141 Å². The van der Waals surface area contributed by atoms with Crippen molar-refractivity contribution in [2.24, 2.45) is 0 Å². The van der Waals surface area contributed by atoms with Gasteiger partial charge in [0.2, 0.25) is 0 Å². The molecule has 1 amide bonds. The molecule has 7 heteroatoms. The molecule has 2 aromatic rings. The molecule has 0 aromatic carbocycles. The third-order valence-electron chi connectivity index (χ3n) is 4.51. The van der Waals surface area contributed by atoms with Gasteiger partial charge in [0.15, 0.2) is 0 Å². The molecule has 24 heavy (non-hydrogen) atoms. The molecule has 1 aliphatic rings. The molecule has 2 aromatic heterocycles. The van der Waals surface area contributed by atoms with Gasteiger partial charge in [-0.25, -0.2) is 4.68 Å². The highest BCUT2D eigenvalue weighted by Gasteiger charge is 2.39. The van der Waals surface area contributed by atoms with Crippen molar-refractivity contribution in [3.63, 3.8) is 0 Å². The number of nitrogens with zero attached hydrogens (tertiary/aromatic N) is 5. The minimum absolute atomic E-state index is 0.102. The molecule has 1 atom stereocenters. The zero-order valence-corrected chi connectivity index (χ0v) is 14.3. The number of rotatable bonds is 3. The van der Waals surface area contributed by atoms with E-state index in [4.69, 9.17) is 0 Å². The molecule has 3 heterocycles. The van der Waals surface area contributed by atoms with Gasteiger partial charge in [-0.15, -0.1) is 5.10 Å². The number of carbonyl (C=O) groups excluding carboxylic acids is 1. The monoisotopic (exact) mass is 329 g/mol. The van der Waals surface area contributed by atoms with Gasteiger partial charge in [0.05, 0.1) is 18.3 Å². The quantitative estimate of drug-likeness (QED) is 0.926. The largest absolute Gasteiger partial charge is 0.382 e. The van der Waals surface area contributed by atoms with Crippen LogP contribution in [0.2, 0.25) is 0 Å². The average Bonchev–Trinajstić information content (AvgIpc) is 3.06. The summed E-state index contributed by atoms with van der Waals surface area (Å²) < 4.78 is 1.72. The number of β-amino-alcohol motifs (C(OH)–C–C–N with tert-alkyl or cyclic N) is 1. The molecular weight excluding hydrogens is 306 g/mol. The van der Waals surface area contributed by atoms with Crippen molar-refractivity contribution in [1.29, 1.82) is 0 Å². The molecule has 3 rings (SSSR count). The number of likely N-dealkylation sites (tertiary alicyclic amines) is 1. The van der Waals surface area contributed by atoms with Crippen molar-refractivity contribution in [1.82, 2.24) is 24.9 Å². The number of pyridine rings is 1. The number of piperidine rings is 1. The predicted molar refractivity (Wildman–Crippen MR) is 88.4 cm³/mol. The maximum absolute atomic E-state index is 12.8. The molecule has 1 aliphatic heterocycles. The Bertz CT molecular complexity index is 742. The van der Waals surface area contributed by atoms with Crippen LogP contribution in [0.4, 0.5) is 0 Å². The van der Waals surface area contributed by atoms with Crippen molar-refractivity contribution in [2.75, 3.05) is 13.1 Å². The average molecular weight is 329 g/mol. The molecule has 0 radical (unpaired) electrons. The standard InChI is InChI=1S/C17H23N5O2/c1-12(2)22-10-15(19-20-22)17(24)7-5-9-21(11-17)16(23)14-6-4-8-18-13(14)3/h4,6,8,10,12,24H,5,7,9,11H2,1-3H3/t17-/m0/s1. The molecule has 1 saturated heterocycles. The fraction of sp³-hybridized carbons (Fsp3) is 0.529. The first kappa shape index (κ1) is 16.6. The van der Waals surface area contributed by atoms with E-state index in [1.54, 1.807) is 34.1 Å². The first-order valence-electron chi connectivity index (χ1n) is 8.26. The van der Waals surface area contributed by atoms with Gasteiger partial charge in [-0.1, -0.05) is 5.21 Å². The lowest BCUT2D eigenvalue weighted by atomic mass is 9.89. The van der Waals surface area contributed by atoms with E-state index in [0.717, 1.165) is 6.42 Å². The highest BCUT2D eigenvalue weighted by molar-refractivity contribution is 5.95. The zero-order chi connectivity index (χ0) is 17.3. The molecule has 0 bridgehead atoms. The maximum atomic E-state index is 12.8. The van der Waals surface area contributed by atoms with Gasteiger partial charge in [-0.05, 0) is 45.7 Å². The number of aliphatic hydroxyl groups is 1. The minimum Gasteiger partial charge on any atom is -0.382 e. The van der Waals surface area contributed by atoms with E-state index in [9.17, 15) is 9.90 Å². The number of aromatic nitrogens is 4. The first-order chi connectivity index (χ1) is 11.4. The van der Waals surface area contributed by atoms with E-state index < -0.39 is 5.60 Å². The van der Waals surface area contributed by atoms with Gasteiger partial charge < -0.3 is 10.0 Å². The molecule has 0 spiro atoms. The Morgan fingerprint density at radius 1 is 1.42 bits per heavy atom. The van der Waals surface area contributed by atoms with Gasteiger partial charge in [0.1, 0.15) is 11.3 Å². The third-order valence-corrected chi connectivity index (χ3v) is 4.51. The summed E-state index contributed by atoms with van der Waals surface area (Å²) in [7, 11) is 0. The topological polar surface area (TPSA) is 84.1 Å². The van der Waals surface area contributed by atoms with Crippen molar-refractivity contribution < 1.29 is 9.90 Å². The Morgan fingerprint density at radius 3 is 2.88 bits per heavy atom. The summed E-state index contributed by atoms with van der Waals surface area (Å²) in [5.74, 6) is -0.102. The lowest BCUT2D eigenvalue weighted by Crippen LogP contribution is -2.49. The van der Waals surface area contributed by atoms with Crippen LogP contribution in [-0.4, -0.2) is 49.0 Å². The summed E-state index contributed by atoms with van der Waals surface area (Å²) in [5, 5.41) is 19.2. The summed E-state index contributed by atoms with van der Waals surface area (Å²) in [6.45, 7) is 6.66. The summed E-state index contributed by atoms with van der Waals surface area (Å²) in [4.78, 5) is 18.6. The van der Waals surface area contributed by atoms with Crippen molar-refractivity contribution in [3.05, 3.63) is 41.5 Å². The van der Waals surface area contributed by atoms with Gasteiger partial charge in [0, 0.05) is 24.5 Å². The molecule has 1 fully saturated rings. The summed E-state index contributed by atoms with van der Waals surface area (Å²) >= 11 is 0. The van der Waals surface area contributed by atoms with Crippen LogP contribution in [0.3, 0.4) is 0 Å². The molecule has 0 aliphatic carbocycles. The van der Waals surface area contributed by atoms with Crippen LogP contribution in [0, 0.1) is 6.92 Å². The molecule has 128 valence electrons. The van der Waals surface area contributed by atoms with Crippen LogP contribution in [0.25, 0.3) is 0 Å². The van der Waals surface area contributed by atoms with Crippen LogP contribution < -0.4 is 0 Å².